The first-order valence-corrected chi connectivity index (χ1v) is 7.59. The van der Waals surface area contributed by atoms with E-state index in [1.165, 1.54) is 10.8 Å². The van der Waals surface area contributed by atoms with E-state index in [9.17, 15) is 0 Å². The Morgan fingerprint density at radius 1 is 1.00 bits per heavy atom. The lowest BCUT2D eigenvalue weighted by Crippen LogP contribution is -1.95. The summed E-state index contributed by atoms with van der Waals surface area (Å²) in [4.78, 5) is 4.55. The largest absolute Gasteiger partial charge is 0.493 e. The molecule has 0 N–H and O–H groups in total. The summed E-state index contributed by atoms with van der Waals surface area (Å²) >= 11 is 6.06. The van der Waals surface area contributed by atoms with Gasteiger partial charge >= 0.3 is 0 Å². The van der Waals surface area contributed by atoms with Crippen molar-refractivity contribution in [1.29, 1.82) is 0 Å². The van der Waals surface area contributed by atoms with Crippen LogP contribution in [-0.4, -0.2) is 12.8 Å². The van der Waals surface area contributed by atoms with E-state index in [1.807, 2.05) is 43.3 Å². The van der Waals surface area contributed by atoms with Crippen LogP contribution in [0.2, 0.25) is 5.02 Å². The number of hydrogen-bond donors (Lipinski definition) is 0. The Kier molecular flexibility index (Phi) is 4.40. The Labute approximate surface area is 135 Å². The summed E-state index contributed by atoms with van der Waals surface area (Å²) in [5.41, 5.74) is 1.78. The van der Waals surface area contributed by atoms with Crippen molar-refractivity contribution in [2.75, 3.05) is 6.61 Å². The van der Waals surface area contributed by atoms with Gasteiger partial charge in [0.15, 0.2) is 0 Å². The number of halogens is 1. The molecule has 3 aromatic carbocycles. The molecule has 0 bridgehead atoms. The van der Waals surface area contributed by atoms with Gasteiger partial charge < -0.3 is 4.74 Å². The predicted octanol–water partition coefficient (Wildman–Crippen LogP) is 5.64. The fourth-order valence-corrected chi connectivity index (χ4v) is 2.49. The van der Waals surface area contributed by atoms with Gasteiger partial charge in [0, 0.05) is 16.8 Å². The van der Waals surface area contributed by atoms with Crippen LogP contribution in [0, 0.1) is 0 Å². The summed E-state index contributed by atoms with van der Waals surface area (Å²) in [5.74, 6) is 0.788. The average molecular weight is 310 g/mol. The van der Waals surface area contributed by atoms with Gasteiger partial charge in [-0.1, -0.05) is 41.9 Å². The third kappa shape index (κ3) is 3.29. The molecule has 0 spiro atoms. The quantitative estimate of drug-likeness (QED) is 0.571. The second-order valence-electron chi connectivity index (χ2n) is 4.90. The molecule has 110 valence electrons. The van der Waals surface area contributed by atoms with Crippen LogP contribution in [0.1, 0.15) is 12.5 Å². The minimum Gasteiger partial charge on any atom is -0.493 e. The molecule has 0 amide bonds. The van der Waals surface area contributed by atoms with E-state index in [2.05, 4.69) is 29.3 Å². The molecule has 0 radical (unpaired) electrons. The Hall–Kier alpha value is -2.32. The second-order valence-corrected chi connectivity index (χ2v) is 5.34. The maximum atomic E-state index is 6.06. The molecule has 0 saturated heterocycles. The van der Waals surface area contributed by atoms with Crippen molar-refractivity contribution in [3.05, 3.63) is 71.2 Å². The number of aliphatic imine (C=N–C) groups is 1. The average Bonchev–Trinajstić information content (AvgIpc) is 2.55. The molecule has 3 aromatic rings. The van der Waals surface area contributed by atoms with Crippen molar-refractivity contribution in [3.8, 4) is 5.75 Å². The summed E-state index contributed by atoms with van der Waals surface area (Å²) in [6.07, 6.45) is 1.79. The maximum Gasteiger partial charge on any atom is 0.128 e. The molecule has 3 heteroatoms. The lowest BCUT2D eigenvalue weighted by Gasteiger charge is -2.07. The minimum absolute atomic E-state index is 0.610. The molecule has 3 rings (SSSR count). The second kappa shape index (κ2) is 6.63. The first kappa shape index (κ1) is 14.6. The van der Waals surface area contributed by atoms with Crippen molar-refractivity contribution in [3.63, 3.8) is 0 Å². The standard InChI is InChI=1S/C19H16ClNO/c1-2-22-19-10-8-17(20)11-16(19)13-21-18-9-7-14-5-3-4-6-15(14)12-18/h3-13H,2H2,1H3. The number of hydrogen-bond acceptors (Lipinski definition) is 2. The Bertz CT molecular complexity index is 827. The first-order valence-electron chi connectivity index (χ1n) is 7.21. The third-order valence-corrected chi connectivity index (χ3v) is 3.59. The van der Waals surface area contributed by atoms with Gasteiger partial charge in [-0.15, -0.1) is 0 Å². The molecule has 22 heavy (non-hydrogen) atoms. The van der Waals surface area contributed by atoms with Crippen LogP contribution in [-0.2, 0) is 0 Å². The van der Waals surface area contributed by atoms with Crippen LogP contribution in [0.5, 0.6) is 5.75 Å². The highest BCUT2D eigenvalue weighted by atomic mass is 35.5. The van der Waals surface area contributed by atoms with E-state index in [0.717, 1.165) is 17.0 Å². The van der Waals surface area contributed by atoms with Gasteiger partial charge in [-0.25, -0.2) is 0 Å². The van der Waals surface area contributed by atoms with Crippen molar-refractivity contribution in [2.45, 2.75) is 6.92 Å². The zero-order valence-corrected chi connectivity index (χ0v) is 13.0. The number of nitrogens with zero attached hydrogens (tertiary/aromatic N) is 1. The van der Waals surface area contributed by atoms with Crippen molar-refractivity contribution in [1.82, 2.24) is 0 Å². The highest BCUT2D eigenvalue weighted by Crippen LogP contribution is 2.24. The smallest absolute Gasteiger partial charge is 0.128 e. The zero-order valence-electron chi connectivity index (χ0n) is 12.3. The molecule has 0 heterocycles. The summed E-state index contributed by atoms with van der Waals surface area (Å²) < 4.78 is 5.60. The molecule has 0 unspecified atom stereocenters. The molecule has 0 aromatic heterocycles. The number of fused-ring (bicyclic) bond motifs is 1. The molecular weight excluding hydrogens is 294 g/mol. The lowest BCUT2D eigenvalue weighted by atomic mass is 10.1. The minimum atomic E-state index is 0.610. The number of rotatable bonds is 4. The molecule has 2 nitrogen and oxygen atoms in total. The highest BCUT2D eigenvalue weighted by molar-refractivity contribution is 6.30. The highest BCUT2D eigenvalue weighted by Gasteiger charge is 2.02. The van der Waals surface area contributed by atoms with Crippen LogP contribution in [0.4, 0.5) is 5.69 Å². The fourth-order valence-electron chi connectivity index (χ4n) is 2.31. The Balaban J connectivity index is 1.93. The van der Waals surface area contributed by atoms with Crippen LogP contribution in [0.25, 0.3) is 10.8 Å². The third-order valence-electron chi connectivity index (χ3n) is 3.36. The van der Waals surface area contributed by atoms with E-state index in [0.29, 0.717) is 11.6 Å². The monoisotopic (exact) mass is 309 g/mol. The first-order chi connectivity index (χ1) is 10.8. The lowest BCUT2D eigenvalue weighted by molar-refractivity contribution is 0.340. The van der Waals surface area contributed by atoms with Gasteiger partial charge in [0.25, 0.3) is 0 Å². The zero-order chi connectivity index (χ0) is 15.4. The van der Waals surface area contributed by atoms with E-state index in [-0.39, 0.29) is 0 Å². The van der Waals surface area contributed by atoms with Gasteiger partial charge in [-0.2, -0.15) is 0 Å². The summed E-state index contributed by atoms with van der Waals surface area (Å²) in [6, 6.07) is 19.9. The van der Waals surface area contributed by atoms with Gasteiger partial charge in [0.1, 0.15) is 5.75 Å². The molecule has 0 atom stereocenters. The van der Waals surface area contributed by atoms with Gasteiger partial charge in [-0.05, 0) is 48.0 Å². The Morgan fingerprint density at radius 2 is 1.82 bits per heavy atom. The topological polar surface area (TPSA) is 21.6 Å². The van der Waals surface area contributed by atoms with Gasteiger partial charge in [-0.3, -0.25) is 4.99 Å². The number of ether oxygens (including phenoxy) is 1. The van der Waals surface area contributed by atoms with E-state index in [1.54, 1.807) is 6.21 Å². The normalized spacial score (nSPS) is 11.2. The van der Waals surface area contributed by atoms with E-state index in [4.69, 9.17) is 16.3 Å². The van der Waals surface area contributed by atoms with E-state index < -0.39 is 0 Å². The van der Waals surface area contributed by atoms with Crippen molar-refractivity contribution >= 4 is 34.3 Å². The molecule has 0 aliphatic rings. The van der Waals surface area contributed by atoms with Gasteiger partial charge in [0.05, 0.1) is 12.3 Å². The molecule has 0 aliphatic heterocycles. The molecule has 0 saturated carbocycles. The van der Waals surface area contributed by atoms with Crippen LogP contribution < -0.4 is 4.74 Å². The van der Waals surface area contributed by atoms with Gasteiger partial charge in [0.2, 0.25) is 0 Å². The maximum absolute atomic E-state index is 6.06. The molecule has 0 fully saturated rings. The fraction of sp³-hybridized carbons (Fsp3) is 0.105. The summed E-state index contributed by atoms with van der Waals surface area (Å²) in [6.45, 7) is 2.57. The predicted molar refractivity (Wildman–Crippen MR) is 93.8 cm³/mol. The summed E-state index contributed by atoms with van der Waals surface area (Å²) in [5, 5.41) is 3.05. The molecular formula is C19H16ClNO. The van der Waals surface area contributed by atoms with Crippen molar-refractivity contribution in [2.24, 2.45) is 4.99 Å². The van der Waals surface area contributed by atoms with Crippen LogP contribution in [0.15, 0.2) is 65.7 Å². The molecule has 0 aliphatic carbocycles. The summed E-state index contributed by atoms with van der Waals surface area (Å²) in [7, 11) is 0. The number of benzene rings is 3. The van der Waals surface area contributed by atoms with Crippen LogP contribution >= 0.6 is 11.6 Å². The van der Waals surface area contributed by atoms with E-state index >= 15 is 0 Å². The van der Waals surface area contributed by atoms with Crippen molar-refractivity contribution < 1.29 is 4.74 Å². The van der Waals surface area contributed by atoms with Crippen LogP contribution in [0.3, 0.4) is 0 Å². The SMILES string of the molecule is CCOc1ccc(Cl)cc1C=Nc1ccc2ccccc2c1. The Morgan fingerprint density at radius 3 is 2.64 bits per heavy atom.